The van der Waals surface area contributed by atoms with Crippen molar-refractivity contribution in [3.63, 3.8) is 0 Å². The van der Waals surface area contributed by atoms with Crippen molar-refractivity contribution in [2.24, 2.45) is 5.92 Å². The van der Waals surface area contributed by atoms with Crippen LogP contribution in [0.1, 0.15) is 0 Å². The van der Waals surface area contributed by atoms with Crippen molar-refractivity contribution >= 4 is 29.2 Å². The summed E-state index contributed by atoms with van der Waals surface area (Å²) in [6.07, 6.45) is 0. The normalized spacial score (nSPS) is 15.9. The van der Waals surface area contributed by atoms with Crippen molar-refractivity contribution in [1.82, 2.24) is 4.90 Å². The number of hydrogen-bond donors (Lipinski definition) is 2. The molecule has 1 amide bonds. The number of carboxylic acid groups (broad SMARTS) is 1. The summed E-state index contributed by atoms with van der Waals surface area (Å²) < 4.78 is 12.8. The molecule has 0 aromatic heterocycles. The monoisotopic (exact) mass is 286 g/mol. The second-order valence-corrected chi connectivity index (χ2v) is 4.81. The molecule has 1 aromatic rings. The van der Waals surface area contributed by atoms with Crippen LogP contribution in [0.3, 0.4) is 0 Å². The van der Waals surface area contributed by atoms with E-state index in [1.165, 1.54) is 12.1 Å². The summed E-state index contributed by atoms with van der Waals surface area (Å²) in [7, 11) is 0. The average Bonchev–Trinajstić information content (AvgIpc) is 2.26. The largest absolute Gasteiger partial charge is 0.481 e. The molecular formula is C12H12ClFN2O3. The van der Waals surface area contributed by atoms with E-state index in [1.54, 1.807) is 4.90 Å². The van der Waals surface area contributed by atoms with E-state index >= 15 is 0 Å². The minimum absolute atomic E-state index is 0.0947. The summed E-state index contributed by atoms with van der Waals surface area (Å²) in [5, 5.41) is 11.4. The maximum absolute atomic E-state index is 12.8. The van der Waals surface area contributed by atoms with Gasteiger partial charge in [-0.3, -0.25) is 14.5 Å². The van der Waals surface area contributed by atoms with Gasteiger partial charge in [0.15, 0.2) is 0 Å². The van der Waals surface area contributed by atoms with Crippen molar-refractivity contribution in [3.05, 3.63) is 29.0 Å². The second-order valence-electron chi connectivity index (χ2n) is 4.40. The van der Waals surface area contributed by atoms with Gasteiger partial charge in [0, 0.05) is 13.1 Å². The van der Waals surface area contributed by atoms with Gasteiger partial charge in [-0.05, 0) is 18.2 Å². The van der Waals surface area contributed by atoms with E-state index in [0.717, 1.165) is 6.07 Å². The van der Waals surface area contributed by atoms with E-state index in [2.05, 4.69) is 5.32 Å². The smallest absolute Gasteiger partial charge is 0.309 e. The molecule has 0 unspecified atom stereocenters. The van der Waals surface area contributed by atoms with Crippen LogP contribution in [0.5, 0.6) is 0 Å². The third kappa shape index (κ3) is 3.42. The number of likely N-dealkylation sites (tertiary alicyclic amines) is 1. The summed E-state index contributed by atoms with van der Waals surface area (Å²) in [5.41, 5.74) is 0.336. The first-order chi connectivity index (χ1) is 8.95. The molecule has 0 aliphatic carbocycles. The molecule has 1 aromatic carbocycles. The highest BCUT2D eigenvalue weighted by Crippen LogP contribution is 2.22. The van der Waals surface area contributed by atoms with Crippen molar-refractivity contribution in [2.45, 2.75) is 0 Å². The van der Waals surface area contributed by atoms with Crippen LogP contribution in [0, 0.1) is 11.7 Å². The Morgan fingerprint density at radius 3 is 2.74 bits per heavy atom. The first kappa shape index (κ1) is 13.8. The highest BCUT2D eigenvalue weighted by atomic mass is 35.5. The Kier molecular flexibility index (Phi) is 4.01. The first-order valence-corrected chi connectivity index (χ1v) is 6.03. The van der Waals surface area contributed by atoms with Gasteiger partial charge >= 0.3 is 5.97 Å². The molecule has 7 heteroatoms. The molecule has 0 radical (unpaired) electrons. The number of carbonyl (C=O) groups is 2. The molecule has 0 bridgehead atoms. The van der Waals surface area contributed by atoms with Gasteiger partial charge in [0.1, 0.15) is 5.82 Å². The van der Waals surface area contributed by atoms with Gasteiger partial charge in [-0.2, -0.15) is 0 Å². The molecule has 102 valence electrons. The van der Waals surface area contributed by atoms with Gasteiger partial charge in [0.2, 0.25) is 5.91 Å². The number of anilines is 1. The van der Waals surface area contributed by atoms with Gasteiger partial charge in [0.05, 0.1) is 23.2 Å². The Morgan fingerprint density at radius 1 is 1.47 bits per heavy atom. The zero-order chi connectivity index (χ0) is 14.0. The fraction of sp³-hybridized carbons (Fsp3) is 0.333. The number of hydrogen-bond acceptors (Lipinski definition) is 3. The highest BCUT2D eigenvalue weighted by molar-refractivity contribution is 6.33. The van der Waals surface area contributed by atoms with E-state index in [-0.39, 0.29) is 17.5 Å². The van der Waals surface area contributed by atoms with Crippen LogP contribution in [-0.4, -0.2) is 41.5 Å². The number of carbonyl (C=O) groups excluding carboxylic acids is 1. The molecule has 0 spiro atoms. The molecule has 0 atom stereocenters. The fourth-order valence-corrected chi connectivity index (χ4v) is 2.05. The SMILES string of the molecule is O=C(CN1CC(C(=O)O)C1)Nc1ccc(F)cc1Cl. The van der Waals surface area contributed by atoms with Gasteiger partial charge in [-0.25, -0.2) is 4.39 Å². The van der Waals surface area contributed by atoms with Crippen molar-refractivity contribution in [3.8, 4) is 0 Å². The number of nitrogens with zero attached hydrogens (tertiary/aromatic N) is 1. The number of amides is 1. The zero-order valence-corrected chi connectivity index (χ0v) is 10.7. The maximum Gasteiger partial charge on any atom is 0.309 e. The summed E-state index contributed by atoms with van der Waals surface area (Å²) in [6, 6.07) is 3.69. The number of halogens is 2. The van der Waals surface area contributed by atoms with Crippen LogP contribution in [0.2, 0.25) is 5.02 Å². The Labute approximate surface area is 114 Å². The molecule has 5 nitrogen and oxygen atoms in total. The van der Waals surface area contributed by atoms with Crippen molar-refractivity contribution in [1.29, 1.82) is 0 Å². The lowest BCUT2D eigenvalue weighted by molar-refractivity contribution is -0.148. The zero-order valence-electron chi connectivity index (χ0n) is 9.90. The van der Waals surface area contributed by atoms with E-state index in [4.69, 9.17) is 16.7 Å². The number of benzene rings is 1. The predicted molar refractivity (Wildman–Crippen MR) is 67.6 cm³/mol. The van der Waals surface area contributed by atoms with Crippen LogP contribution in [0.15, 0.2) is 18.2 Å². The first-order valence-electron chi connectivity index (χ1n) is 5.66. The number of rotatable bonds is 4. The van der Waals surface area contributed by atoms with Crippen LogP contribution in [-0.2, 0) is 9.59 Å². The number of carboxylic acids is 1. The van der Waals surface area contributed by atoms with Crippen molar-refractivity contribution < 1.29 is 19.1 Å². The summed E-state index contributed by atoms with van der Waals surface area (Å²) in [6.45, 7) is 0.817. The van der Waals surface area contributed by atoms with Gasteiger partial charge in [-0.15, -0.1) is 0 Å². The van der Waals surface area contributed by atoms with Crippen LogP contribution in [0.4, 0.5) is 10.1 Å². The molecule has 2 rings (SSSR count). The van der Waals surface area contributed by atoms with Crippen LogP contribution < -0.4 is 5.32 Å². The number of nitrogens with one attached hydrogen (secondary N) is 1. The Hall–Kier alpha value is -1.66. The van der Waals surface area contributed by atoms with Crippen LogP contribution >= 0.6 is 11.6 Å². The molecule has 1 aliphatic rings. The summed E-state index contributed by atoms with van der Waals surface area (Å²) >= 11 is 5.78. The molecule has 1 fully saturated rings. The lowest BCUT2D eigenvalue weighted by atomic mass is 10.0. The lowest BCUT2D eigenvalue weighted by Crippen LogP contribution is -2.52. The summed E-state index contributed by atoms with van der Waals surface area (Å²) in [5.74, 6) is -2.03. The van der Waals surface area contributed by atoms with Crippen LogP contribution in [0.25, 0.3) is 0 Å². The predicted octanol–water partition coefficient (Wildman–Crippen LogP) is 1.43. The van der Waals surface area contributed by atoms with Gasteiger partial charge in [0.25, 0.3) is 0 Å². The minimum atomic E-state index is -0.849. The molecule has 1 heterocycles. The number of aliphatic carboxylic acids is 1. The Bertz CT molecular complexity index is 518. The highest BCUT2D eigenvalue weighted by Gasteiger charge is 2.33. The molecule has 1 aliphatic heterocycles. The van der Waals surface area contributed by atoms with Gasteiger partial charge < -0.3 is 10.4 Å². The fourth-order valence-electron chi connectivity index (χ4n) is 1.84. The quantitative estimate of drug-likeness (QED) is 0.879. The molecule has 2 N–H and O–H groups in total. The third-order valence-electron chi connectivity index (χ3n) is 2.88. The molecule has 19 heavy (non-hydrogen) atoms. The van der Waals surface area contributed by atoms with E-state index in [9.17, 15) is 14.0 Å². The maximum atomic E-state index is 12.8. The minimum Gasteiger partial charge on any atom is -0.481 e. The van der Waals surface area contributed by atoms with E-state index < -0.39 is 17.7 Å². The van der Waals surface area contributed by atoms with E-state index in [0.29, 0.717) is 18.8 Å². The van der Waals surface area contributed by atoms with Crippen molar-refractivity contribution in [2.75, 3.05) is 25.0 Å². The average molecular weight is 287 g/mol. The molecule has 0 saturated carbocycles. The van der Waals surface area contributed by atoms with Gasteiger partial charge in [-0.1, -0.05) is 11.6 Å². The Balaban J connectivity index is 1.84. The summed E-state index contributed by atoms with van der Waals surface area (Å²) in [4.78, 5) is 24.0. The standard InChI is InChI=1S/C12H12ClFN2O3/c13-9-3-8(14)1-2-10(9)15-11(17)6-16-4-7(5-16)12(18)19/h1-3,7H,4-6H2,(H,15,17)(H,18,19). The lowest BCUT2D eigenvalue weighted by Gasteiger charge is -2.35. The topological polar surface area (TPSA) is 69.6 Å². The third-order valence-corrected chi connectivity index (χ3v) is 3.19. The Morgan fingerprint density at radius 2 is 2.16 bits per heavy atom. The van der Waals surface area contributed by atoms with E-state index in [1.807, 2.05) is 0 Å². The molecule has 1 saturated heterocycles. The second kappa shape index (κ2) is 5.54. The molecular weight excluding hydrogens is 275 g/mol.